The highest BCUT2D eigenvalue weighted by atomic mass is 35.5. The summed E-state index contributed by atoms with van der Waals surface area (Å²) in [6.45, 7) is 7.89. The lowest BCUT2D eigenvalue weighted by Gasteiger charge is -2.26. The van der Waals surface area contributed by atoms with Gasteiger partial charge in [0.1, 0.15) is 0 Å². The Kier molecular flexibility index (Phi) is 4.90. The van der Waals surface area contributed by atoms with E-state index in [-0.39, 0.29) is 0 Å². The lowest BCUT2D eigenvalue weighted by atomic mass is 10.2. The molecule has 1 aliphatic carbocycles. The van der Waals surface area contributed by atoms with Crippen molar-refractivity contribution < 1.29 is 0 Å². The summed E-state index contributed by atoms with van der Waals surface area (Å²) in [5.74, 6) is 0.957. The first kappa shape index (κ1) is 13.7. The average Bonchev–Trinajstić information content (AvgIpc) is 3.11. The maximum atomic E-state index is 5.96. The summed E-state index contributed by atoms with van der Waals surface area (Å²) in [4.78, 5) is 2.56. The fraction of sp³-hybridized carbons (Fsp3) is 0.600. The largest absolute Gasteiger partial charge is 0.384 e. The van der Waals surface area contributed by atoms with Gasteiger partial charge in [-0.15, -0.1) is 0 Å². The van der Waals surface area contributed by atoms with Crippen molar-refractivity contribution in [3.8, 4) is 0 Å². The number of anilines is 1. The van der Waals surface area contributed by atoms with Crippen LogP contribution in [-0.4, -0.2) is 30.6 Å². The number of nitrogens with zero attached hydrogens (tertiary/aromatic N) is 1. The van der Waals surface area contributed by atoms with Crippen molar-refractivity contribution in [3.05, 3.63) is 29.3 Å². The standard InChI is InChI=1S/C15H23ClN2/c1-12(2)18(11-13-6-7-13)9-8-17-15-5-3-4-14(16)10-15/h3-5,10,12-13,17H,6-9,11H2,1-2H3. The number of hydrogen-bond acceptors (Lipinski definition) is 2. The van der Waals surface area contributed by atoms with E-state index in [9.17, 15) is 0 Å². The summed E-state index contributed by atoms with van der Waals surface area (Å²) < 4.78 is 0. The minimum absolute atomic E-state index is 0.631. The van der Waals surface area contributed by atoms with Crippen LogP contribution in [0.2, 0.25) is 5.02 Å². The highest BCUT2D eigenvalue weighted by Crippen LogP contribution is 2.30. The van der Waals surface area contributed by atoms with Gasteiger partial charge in [-0.25, -0.2) is 0 Å². The van der Waals surface area contributed by atoms with Gasteiger partial charge in [-0.1, -0.05) is 17.7 Å². The maximum Gasteiger partial charge on any atom is 0.0426 e. The second-order valence-electron chi connectivity index (χ2n) is 5.47. The molecule has 0 heterocycles. The monoisotopic (exact) mass is 266 g/mol. The van der Waals surface area contributed by atoms with E-state index in [0.29, 0.717) is 6.04 Å². The predicted molar refractivity (Wildman–Crippen MR) is 79.4 cm³/mol. The van der Waals surface area contributed by atoms with Crippen molar-refractivity contribution in [1.29, 1.82) is 0 Å². The fourth-order valence-electron chi connectivity index (χ4n) is 2.13. The number of nitrogens with one attached hydrogen (secondary N) is 1. The number of benzene rings is 1. The molecule has 0 saturated heterocycles. The topological polar surface area (TPSA) is 15.3 Å². The summed E-state index contributed by atoms with van der Waals surface area (Å²) in [6, 6.07) is 8.55. The Morgan fingerprint density at radius 3 is 2.78 bits per heavy atom. The van der Waals surface area contributed by atoms with Gasteiger partial charge in [-0.3, -0.25) is 4.90 Å². The first-order chi connectivity index (χ1) is 8.65. The zero-order valence-electron chi connectivity index (χ0n) is 11.3. The summed E-state index contributed by atoms with van der Waals surface area (Å²) in [7, 11) is 0. The van der Waals surface area contributed by atoms with Gasteiger partial charge in [-0.05, 0) is 50.8 Å². The van der Waals surface area contributed by atoms with Gasteiger partial charge < -0.3 is 5.32 Å². The molecular weight excluding hydrogens is 244 g/mol. The molecule has 0 aromatic heterocycles. The van der Waals surface area contributed by atoms with Crippen LogP contribution in [0.15, 0.2) is 24.3 Å². The van der Waals surface area contributed by atoms with Gasteiger partial charge >= 0.3 is 0 Å². The van der Waals surface area contributed by atoms with Crippen molar-refractivity contribution in [2.45, 2.75) is 32.7 Å². The minimum Gasteiger partial charge on any atom is -0.384 e. The molecule has 1 N–H and O–H groups in total. The van der Waals surface area contributed by atoms with E-state index in [2.05, 4.69) is 30.1 Å². The van der Waals surface area contributed by atoms with Crippen LogP contribution < -0.4 is 5.32 Å². The van der Waals surface area contributed by atoms with Gasteiger partial charge in [0, 0.05) is 36.4 Å². The second kappa shape index (κ2) is 6.44. The van der Waals surface area contributed by atoms with Crippen molar-refractivity contribution >= 4 is 17.3 Å². The zero-order valence-corrected chi connectivity index (χ0v) is 12.1. The third kappa shape index (κ3) is 4.51. The normalized spacial score (nSPS) is 15.4. The van der Waals surface area contributed by atoms with E-state index < -0.39 is 0 Å². The minimum atomic E-state index is 0.631. The number of halogens is 1. The first-order valence-corrected chi connectivity index (χ1v) is 7.26. The van der Waals surface area contributed by atoms with Crippen LogP contribution in [0.4, 0.5) is 5.69 Å². The molecule has 1 aromatic rings. The molecule has 1 aliphatic rings. The van der Waals surface area contributed by atoms with Crippen molar-refractivity contribution in [2.75, 3.05) is 25.0 Å². The molecule has 0 bridgehead atoms. The van der Waals surface area contributed by atoms with E-state index in [1.807, 2.05) is 18.2 Å². The Hall–Kier alpha value is -0.730. The molecule has 0 radical (unpaired) electrons. The van der Waals surface area contributed by atoms with Gasteiger partial charge in [-0.2, -0.15) is 0 Å². The molecule has 0 aliphatic heterocycles. The third-order valence-corrected chi connectivity index (χ3v) is 3.71. The molecular formula is C15H23ClN2. The Labute approximate surface area is 115 Å². The van der Waals surface area contributed by atoms with Gasteiger partial charge in [0.15, 0.2) is 0 Å². The summed E-state index contributed by atoms with van der Waals surface area (Å²) in [6.07, 6.45) is 2.84. The Bertz CT molecular complexity index is 375. The molecule has 100 valence electrons. The Balaban J connectivity index is 1.75. The highest BCUT2D eigenvalue weighted by Gasteiger charge is 2.24. The molecule has 18 heavy (non-hydrogen) atoms. The lowest BCUT2D eigenvalue weighted by Crippen LogP contribution is -2.36. The van der Waals surface area contributed by atoms with Crippen molar-refractivity contribution in [1.82, 2.24) is 4.90 Å². The SMILES string of the molecule is CC(C)N(CCNc1cccc(Cl)c1)CC1CC1. The van der Waals surface area contributed by atoms with Crippen LogP contribution in [0.1, 0.15) is 26.7 Å². The average molecular weight is 267 g/mol. The fourth-order valence-corrected chi connectivity index (χ4v) is 2.32. The molecule has 3 heteroatoms. The Morgan fingerprint density at radius 1 is 1.39 bits per heavy atom. The summed E-state index contributed by atoms with van der Waals surface area (Å²) >= 11 is 5.96. The van der Waals surface area contributed by atoms with Crippen LogP contribution in [0.3, 0.4) is 0 Å². The number of rotatable bonds is 7. The molecule has 0 spiro atoms. The number of hydrogen-bond donors (Lipinski definition) is 1. The van der Waals surface area contributed by atoms with E-state index >= 15 is 0 Å². The molecule has 1 saturated carbocycles. The zero-order chi connectivity index (χ0) is 13.0. The molecule has 1 aromatic carbocycles. The maximum absolute atomic E-state index is 5.96. The molecule has 0 atom stereocenters. The molecule has 0 amide bonds. The van der Waals surface area contributed by atoms with E-state index in [1.54, 1.807) is 0 Å². The van der Waals surface area contributed by atoms with E-state index in [0.717, 1.165) is 29.7 Å². The van der Waals surface area contributed by atoms with Crippen LogP contribution >= 0.6 is 11.6 Å². The summed E-state index contributed by atoms with van der Waals surface area (Å²) in [5, 5.41) is 4.23. The quantitative estimate of drug-likeness (QED) is 0.806. The third-order valence-electron chi connectivity index (χ3n) is 3.47. The molecule has 2 rings (SSSR count). The second-order valence-corrected chi connectivity index (χ2v) is 5.91. The molecule has 2 nitrogen and oxygen atoms in total. The highest BCUT2D eigenvalue weighted by molar-refractivity contribution is 6.30. The van der Waals surface area contributed by atoms with Crippen LogP contribution in [-0.2, 0) is 0 Å². The lowest BCUT2D eigenvalue weighted by molar-refractivity contribution is 0.221. The van der Waals surface area contributed by atoms with Gasteiger partial charge in [0.25, 0.3) is 0 Å². The van der Waals surface area contributed by atoms with Crippen LogP contribution in [0.5, 0.6) is 0 Å². The predicted octanol–water partition coefficient (Wildman–Crippen LogP) is 3.87. The smallest absolute Gasteiger partial charge is 0.0426 e. The van der Waals surface area contributed by atoms with Crippen molar-refractivity contribution in [2.24, 2.45) is 5.92 Å². The summed E-state index contributed by atoms with van der Waals surface area (Å²) in [5.41, 5.74) is 1.11. The van der Waals surface area contributed by atoms with Crippen LogP contribution in [0, 0.1) is 5.92 Å². The van der Waals surface area contributed by atoms with Crippen molar-refractivity contribution in [3.63, 3.8) is 0 Å². The van der Waals surface area contributed by atoms with Crippen LogP contribution in [0.25, 0.3) is 0 Å². The molecule has 1 fully saturated rings. The van der Waals surface area contributed by atoms with E-state index in [1.165, 1.54) is 19.4 Å². The van der Waals surface area contributed by atoms with E-state index in [4.69, 9.17) is 11.6 Å². The van der Waals surface area contributed by atoms with Gasteiger partial charge in [0.05, 0.1) is 0 Å². The Morgan fingerprint density at radius 2 is 2.17 bits per heavy atom. The first-order valence-electron chi connectivity index (χ1n) is 6.88. The molecule has 0 unspecified atom stereocenters. The van der Waals surface area contributed by atoms with Gasteiger partial charge in [0.2, 0.25) is 0 Å².